The average molecular weight is 502 g/mol. The number of aromatic hydroxyl groups is 1. The summed E-state index contributed by atoms with van der Waals surface area (Å²) in [5, 5.41) is 17.2. The number of hydrogen-bond acceptors (Lipinski definition) is 8. The smallest absolute Gasteiger partial charge is 0.254 e. The van der Waals surface area contributed by atoms with E-state index in [9.17, 15) is 9.90 Å². The van der Waals surface area contributed by atoms with Crippen LogP contribution in [0.15, 0.2) is 42.9 Å². The number of nitrogens with zero attached hydrogens (tertiary/aromatic N) is 5. The van der Waals surface area contributed by atoms with E-state index in [1.165, 1.54) is 12.8 Å². The lowest BCUT2D eigenvalue weighted by Gasteiger charge is -2.15. The van der Waals surface area contributed by atoms with Crippen molar-refractivity contribution in [2.24, 2.45) is 7.05 Å². The highest BCUT2D eigenvalue weighted by molar-refractivity contribution is 6.06. The van der Waals surface area contributed by atoms with Crippen LogP contribution in [0.1, 0.15) is 34.5 Å². The molecular weight excluding hydrogens is 470 g/mol. The Morgan fingerprint density at radius 2 is 1.97 bits per heavy atom. The van der Waals surface area contributed by atoms with E-state index in [0.29, 0.717) is 35.9 Å². The maximum atomic E-state index is 12.7. The van der Waals surface area contributed by atoms with Crippen LogP contribution in [-0.2, 0) is 24.9 Å². The van der Waals surface area contributed by atoms with Gasteiger partial charge in [0.25, 0.3) is 5.91 Å². The molecule has 37 heavy (non-hydrogen) atoms. The fourth-order valence-corrected chi connectivity index (χ4v) is 4.57. The van der Waals surface area contributed by atoms with Crippen LogP contribution in [-0.4, -0.2) is 62.7 Å². The highest BCUT2D eigenvalue weighted by atomic mass is 16.5. The third-order valence-electron chi connectivity index (χ3n) is 6.36. The molecule has 6 rings (SSSR count). The quantitative estimate of drug-likeness (QED) is 0.380. The summed E-state index contributed by atoms with van der Waals surface area (Å²) in [5.74, 6) is 0.507. The minimum Gasteiger partial charge on any atom is -0.506 e. The topological polar surface area (TPSA) is 117 Å². The Balaban J connectivity index is 0.000000503. The van der Waals surface area contributed by atoms with Gasteiger partial charge >= 0.3 is 0 Å². The number of anilines is 2. The van der Waals surface area contributed by atoms with E-state index >= 15 is 0 Å². The Bertz CT molecular complexity index is 1440. The van der Waals surface area contributed by atoms with E-state index in [4.69, 9.17) is 9.72 Å². The predicted octanol–water partition coefficient (Wildman–Crippen LogP) is 3.58. The van der Waals surface area contributed by atoms with E-state index in [1.54, 1.807) is 24.5 Å². The number of nitrogens with one attached hydrogen (secondary N) is 2. The maximum absolute atomic E-state index is 12.7. The molecule has 1 saturated heterocycles. The molecule has 6 heterocycles. The molecule has 0 aromatic carbocycles. The van der Waals surface area contributed by atoms with Crippen molar-refractivity contribution in [2.45, 2.75) is 25.9 Å². The fraction of sp³-hybridized carbons (Fsp3) is 0.333. The van der Waals surface area contributed by atoms with Crippen molar-refractivity contribution in [3.8, 4) is 17.0 Å². The monoisotopic (exact) mass is 501 g/mol. The van der Waals surface area contributed by atoms with E-state index in [2.05, 4.69) is 20.6 Å². The predicted molar refractivity (Wildman–Crippen MR) is 142 cm³/mol. The molecule has 4 aromatic rings. The first kappa shape index (κ1) is 24.7. The minimum absolute atomic E-state index is 0.130. The van der Waals surface area contributed by atoms with Crippen molar-refractivity contribution >= 4 is 28.4 Å². The van der Waals surface area contributed by atoms with Crippen LogP contribution in [0.4, 0.5) is 11.5 Å². The van der Waals surface area contributed by atoms with Crippen LogP contribution in [0.25, 0.3) is 22.3 Å². The number of carbonyl (C=O) groups is 1. The Labute approximate surface area is 215 Å². The number of pyridine rings is 3. The van der Waals surface area contributed by atoms with Gasteiger partial charge in [-0.2, -0.15) is 0 Å². The summed E-state index contributed by atoms with van der Waals surface area (Å²) in [6.07, 6.45) is 7.94. The summed E-state index contributed by atoms with van der Waals surface area (Å²) in [4.78, 5) is 28.3. The molecule has 1 amide bonds. The second-order valence-corrected chi connectivity index (χ2v) is 9.42. The van der Waals surface area contributed by atoms with E-state index in [0.717, 1.165) is 41.1 Å². The van der Waals surface area contributed by atoms with Crippen molar-refractivity contribution < 1.29 is 14.6 Å². The van der Waals surface area contributed by atoms with Gasteiger partial charge in [-0.25, -0.2) is 9.97 Å². The van der Waals surface area contributed by atoms with Crippen molar-refractivity contribution in [3.05, 3.63) is 59.7 Å². The number of ether oxygens (including phenoxy) is 1. The van der Waals surface area contributed by atoms with Crippen LogP contribution in [0.3, 0.4) is 0 Å². The Kier molecular flexibility index (Phi) is 7.02. The minimum atomic E-state index is -0.156. The van der Waals surface area contributed by atoms with Gasteiger partial charge < -0.3 is 29.9 Å². The van der Waals surface area contributed by atoms with Crippen LogP contribution in [0.5, 0.6) is 5.75 Å². The number of aromatic nitrogens is 4. The van der Waals surface area contributed by atoms with Gasteiger partial charge in [-0.1, -0.05) is 0 Å². The van der Waals surface area contributed by atoms with Gasteiger partial charge in [-0.15, -0.1) is 0 Å². The molecule has 2 aliphatic rings. The van der Waals surface area contributed by atoms with Gasteiger partial charge in [-0.3, -0.25) is 9.78 Å². The number of rotatable bonds is 5. The fourth-order valence-electron chi connectivity index (χ4n) is 4.57. The van der Waals surface area contributed by atoms with Gasteiger partial charge in [0.05, 0.1) is 28.8 Å². The molecular formula is C27H31N7O3. The maximum Gasteiger partial charge on any atom is 0.254 e. The molecule has 1 fully saturated rings. The summed E-state index contributed by atoms with van der Waals surface area (Å²) in [7, 11) is 5.76. The van der Waals surface area contributed by atoms with E-state index < -0.39 is 0 Å². The molecule has 4 aromatic heterocycles. The molecule has 0 atom stereocenters. The SMILES string of the molecule is C1CCOC1.CN(C)Cc1nc(Nc2cnc(-c3ccnc4c3ccn4C)c3c2C(=O)NC3)ccc1O. The molecule has 3 N–H and O–H groups in total. The summed E-state index contributed by atoms with van der Waals surface area (Å²) >= 11 is 0. The van der Waals surface area contributed by atoms with E-state index in [1.807, 2.05) is 48.9 Å². The normalized spacial score (nSPS) is 14.4. The number of amides is 1. The first-order valence-electron chi connectivity index (χ1n) is 12.3. The number of carbonyl (C=O) groups excluding carboxylic acids is 1. The largest absolute Gasteiger partial charge is 0.506 e. The first-order valence-corrected chi connectivity index (χ1v) is 12.3. The number of aryl methyl sites for hydroxylation is 1. The Morgan fingerprint density at radius 1 is 1.16 bits per heavy atom. The van der Waals surface area contributed by atoms with Crippen molar-refractivity contribution in [1.29, 1.82) is 0 Å². The molecule has 0 saturated carbocycles. The zero-order chi connectivity index (χ0) is 25.9. The molecule has 10 heteroatoms. The lowest BCUT2D eigenvalue weighted by molar-refractivity contribution is 0.0966. The molecule has 192 valence electrons. The molecule has 0 radical (unpaired) electrons. The van der Waals surface area contributed by atoms with Gasteiger partial charge in [0.15, 0.2) is 0 Å². The average Bonchev–Trinajstić information content (AvgIpc) is 3.65. The van der Waals surface area contributed by atoms with Crippen molar-refractivity contribution in [2.75, 3.05) is 32.6 Å². The van der Waals surface area contributed by atoms with Crippen LogP contribution in [0.2, 0.25) is 0 Å². The first-order chi connectivity index (χ1) is 17.9. The summed E-state index contributed by atoms with van der Waals surface area (Å²) < 4.78 is 6.90. The Morgan fingerprint density at radius 3 is 2.70 bits per heavy atom. The molecule has 0 aliphatic carbocycles. The van der Waals surface area contributed by atoms with Crippen molar-refractivity contribution in [3.63, 3.8) is 0 Å². The number of fused-ring (bicyclic) bond motifs is 2. The van der Waals surface area contributed by atoms with Crippen LogP contribution in [0, 0.1) is 0 Å². The Hall–Kier alpha value is -4.02. The molecule has 0 unspecified atom stereocenters. The van der Waals surface area contributed by atoms with Gasteiger partial charge in [0, 0.05) is 62.3 Å². The van der Waals surface area contributed by atoms with Gasteiger partial charge in [0.2, 0.25) is 0 Å². The third-order valence-corrected chi connectivity index (χ3v) is 6.36. The zero-order valence-electron chi connectivity index (χ0n) is 21.3. The molecule has 2 aliphatic heterocycles. The zero-order valence-corrected chi connectivity index (χ0v) is 21.3. The molecule has 0 bridgehead atoms. The highest BCUT2D eigenvalue weighted by Gasteiger charge is 2.28. The number of hydrogen-bond donors (Lipinski definition) is 3. The molecule has 10 nitrogen and oxygen atoms in total. The lowest BCUT2D eigenvalue weighted by atomic mass is 10.0. The second kappa shape index (κ2) is 10.5. The third kappa shape index (κ3) is 5.11. The highest BCUT2D eigenvalue weighted by Crippen LogP contribution is 2.36. The standard InChI is InChI=1S/C23H23N7O2.C4H8O/c1-29(2)12-17-18(31)4-5-19(28-17)27-16-11-25-21(15-10-26-23(32)20(15)16)13-6-8-24-22-14(13)7-9-30(22)3;1-2-4-5-3-1/h4-9,11,31H,10,12H2,1-3H3,(H,26,32)(H,27,28);1-4H2. The summed E-state index contributed by atoms with van der Waals surface area (Å²) in [6.45, 7) is 2.89. The second-order valence-electron chi connectivity index (χ2n) is 9.42. The lowest BCUT2D eigenvalue weighted by Crippen LogP contribution is -2.14. The van der Waals surface area contributed by atoms with Gasteiger partial charge in [-0.05, 0) is 51.2 Å². The van der Waals surface area contributed by atoms with Crippen LogP contribution >= 0.6 is 0 Å². The van der Waals surface area contributed by atoms with Crippen LogP contribution < -0.4 is 10.6 Å². The summed E-state index contributed by atoms with van der Waals surface area (Å²) in [6, 6.07) is 7.21. The summed E-state index contributed by atoms with van der Waals surface area (Å²) in [5.41, 5.74) is 5.07. The van der Waals surface area contributed by atoms with Gasteiger partial charge in [0.1, 0.15) is 17.2 Å². The molecule has 0 spiro atoms. The van der Waals surface area contributed by atoms with E-state index in [-0.39, 0.29) is 11.7 Å². The van der Waals surface area contributed by atoms with Crippen molar-refractivity contribution in [1.82, 2.24) is 29.7 Å².